The summed E-state index contributed by atoms with van der Waals surface area (Å²) >= 11 is 0. The maximum atomic E-state index is 12.8. The van der Waals surface area contributed by atoms with E-state index in [1.165, 1.54) is 24.0 Å². The fraction of sp³-hybridized carbons (Fsp3) is 0.258. The summed E-state index contributed by atoms with van der Waals surface area (Å²) < 4.78 is 11.7. The quantitative estimate of drug-likeness (QED) is 0.266. The van der Waals surface area contributed by atoms with Gasteiger partial charge in [0.15, 0.2) is 0 Å². The van der Waals surface area contributed by atoms with Crippen molar-refractivity contribution in [2.75, 3.05) is 12.4 Å². The van der Waals surface area contributed by atoms with E-state index in [2.05, 4.69) is 61.6 Å². The number of benzene rings is 3. The van der Waals surface area contributed by atoms with E-state index >= 15 is 0 Å². The van der Waals surface area contributed by atoms with Gasteiger partial charge >= 0.3 is 0 Å². The Balaban J connectivity index is 1.65. The van der Waals surface area contributed by atoms with E-state index < -0.39 is 0 Å². The van der Waals surface area contributed by atoms with Gasteiger partial charge in [-0.25, -0.2) is 0 Å². The summed E-state index contributed by atoms with van der Waals surface area (Å²) in [5.74, 6) is 0.540. The molecule has 0 aliphatic rings. The average Bonchev–Trinajstić information content (AvgIpc) is 3.28. The fourth-order valence-electron chi connectivity index (χ4n) is 4.42. The van der Waals surface area contributed by atoms with Crippen LogP contribution in [0.1, 0.15) is 48.9 Å². The third-order valence-electron chi connectivity index (χ3n) is 6.42. The number of hydrogen-bond donors (Lipinski definition) is 1. The van der Waals surface area contributed by atoms with Crippen LogP contribution in [-0.4, -0.2) is 13.0 Å². The van der Waals surface area contributed by atoms with Crippen molar-refractivity contribution >= 4 is 28.1 Å². The van der Waals surface area contributed by atoms with Crippen molar-refractivity contribution in [3.05, 3.63) is 89.2 Å². The number of nitrogens with one attached hydrogen (secondary N) is 1. The molecule has 4 heteroatoms. The first-order chi connectivity index (χ1) is 16.9. The molecule has 0 atom stereocenters. The van der Waals surface area contributed by atoms with E-state index in [9.17, 15) is 4.79 Å². The minimum absolute atomic E-state index is 0.172. The van der Waals surface area contributed by atoms with Gasteiger partial charge in [0.2, 0.25) is 5.91 Å². The molecule has 1 amide bonds. The second kappa shape index (κ2) is 10.6. The molecule has 0 aliphatic heterocycles. The number of unbranched alkanes of at least 4 members (excludes halogenated alkanes) is 1. The number of carbonyl (C=O) groups excluding carboxylic acids is 1. The molecule has 0 spiro atoms. The minimum Gasteiger partial charge on any atom is -0.496 e. The van der Waals surface area contributed by atoms with Crippen molar-refractivity contribution in [1.82, 2.24) is 0 Å². The maximum absolute atomic E-state index is 12.8. The van der Waals surface area contributed by atoms with E-state index in [0.29, 0.717) is 5.75 Å². The van der Waals surface area contributed by atoms with Crippen LogP contribution in [0.25, 0.3) is 27.7 Å². The highest BCUT2D eigenvalue weighted by Gasteiger charge is 2.19. The zero-order valence-corrected chi connectivity index (χ0v) is 21.2. The second-order valence-corrected chi connectivity index (χ2v) is 9.09. The molecular formula is C31H33NO3. The molecule has 35 heavy (non-hydrogen) atoms. The summed E-state index contributed by atoms with van der Waals surface area (Å²) in [5.41, 5.74) is 8.79. The van der Waals surface area contributed by atoms with E-state index in [4.69, 9.17) is 9.15 Å². The van der Waals surface area contributed by atoms with Gasteiger partial charge in [-0.05, 0) is 68.5 Å². The number of amides is 1. The smallest absolute Gasteiger partial charge is 0.248 e. The minimum atomic E-state index is -0.172. The van der Waals surface area contributed by atoms with Gasteiger partial charge in [-0.15, -0.1) is 0 Å². The number of allylic oxidation sites excluding steroid dienone is 1. The van der Waals surface area contributed by atoms with Crippen molar-refractivity contribution in [2.45, 2.75) is 47.0 Å². The summed E-state index contributed by atoms with van der Waals surface area (Å²) in [4.78, 5) is 12.8. The Morgan fingerprint density at radius 1 is 1.06 bits per heavy atom. The molecule has 4 aromatic rings. The topological polar surface area (TPSA) is 51.5 Å². The molecule has 4 rings (SSSR count). The molecule has 0 unspecified atom stereocenters. The number of furan rings is 1. The van der Waals surface area contributed by atoms with Crippen molar-refractivity contribution < 1.29 is 13.9 Å². The first-order valence-corrected chi connectivity index (χ1v) is 12.2. The summed E-state index contributed by atoms with van der Waals surface area (Å²) in [6.45, 7) is 8.18. The largest absolute Gasteiger partial charge is 0.496 e. The molecule has 1 aromatic heterocycles. The van der Waals surface area contributed by atoms with Gasteiger partial charge in [-0.3, -0.25) is 4.79 Å². The van der Waals surface area contributed by atoms with Crippen LogP contribution in [0.5, 0.6) is 5.75 Å². The van der Waals surface area contributed by atoms with Crippen LogP contribution in [0.15, 0.2) is 71.4 Å². The van der Waals surface area contributed by atoms with E-state index in [1.54, 1.807) is 19.4 Å². The molecule has 0 bridgehead atoms. The SMILES string of the molecule is CCCCc1ccc(NC(=O)/C=C(\C)c2cc3c(-c4ccc(C)cc4)coc3c(C)c2OC)cc1. The van der Waals surface area contributed by atoms with Crippen LogP contribution in [0, 0.1) is 13.8 Å². The Morgan fingerprint density at radius 2 is 1.77 bits per heavy atom. The lowest BCUT2D eigenvalue weighted by Gasteiger charge is -2.13. The molecule has 0 saturated carbocycles. The molecule has 3 aromatic carbocycles. The van der Waals surface area contributed by atoms with Gasteiger partial charge in [0, 0.05) is 33.8 Å². The highest BCUT2D eigenvalue weighted by atomic mass is 16.5. The summed E-state index contributed by atoms with van der Waals surface area (Å²) in [6, 6.07) is 18.5. The number of anilines is 1. The lowest BCUT2D eigenvalue weighted by molar-refractivity contribution is -0.111. The molecule has 4 nitrogen and oxygen atoms in total. The van der Waals surface area contributed by atoms with E-state index in [0.717, 1.165) is 50.9 Å². The Labute approximate surface area is 207 Å². The summed E-state index contributed by atoms with van der Waals surface area (Å²) in [6.07, 6.45) is 6.81. The van der Waals surface area contributed by atoms with Gasteiger partial charge in [0.05, 0.1) is 13.4 Å². The van der Waals surface area contributed by atoms with Crippen LogP contribution in [0.3, 0.4) is 0 Å². The first-order valence-electron chi connectivity index (χ1n) is 12.2. The molecular weight excluding hydrogens is 434 g/mol. The van der Waals surface area contributed by atoms with Crippen LogP contribution in [0.4, 0.5) is 5.69 Å². The number of fused-ring (bicyclic) bond motifs is 1. The second-order valence-electron chi connectivity index (χ2n) is 9.09. The van der Waals surface area contributed by atoms with E-state index in [-0.39, 0.29) is 5.91 Å². The standard InChI is InChI=1S/C31H33NO3/c1-6-7-8-23-11-15-25(16-12-23)32-29(33)17-21(3)26-18-27-28(24-13-9-20(2)10-14-24)19-35-31(27)22(4)30(26)34-5/h9-19H,6-8H2,1-5H3,(H,32,33)/b21-17+. The van der Waals surface area contributed by atoms with Crippen LogP contribution in [0.2, 0.25) is 0 Å². The Bertz CT molecular complexity index is 1360. The molecule has 0 fully saturated rings. The zero-order chi connectivity index (χ0) is 24.9. The summed E-state index contributed by atoms with van der Waals surface area (Å²) in [5, 5.41) is 3.98. The van der Waals surface area contributed by atoms with Crippen molar-refractivity contribution in [3.63, 3.8) is 0 Å². The van der Waals surface area contributed by atoms with Gasteiger partial charge in [-0.1, -0.05) is 55.3 Å². The van der Waals surface area contributed by atoms with Crippen molar-refractivity contribution in [2.24, 2.45) is 0 Å². The Kier molecular flexibility index (Phi) is 7.40. The van der Waals surface area contributed by atoms with Crippen molar-refractivity contribution in [1.29, 1.82) is 0 Å². The normalized spacial score (nSPS) is 11.6. The van der Waals surface area contributed by atoms with Gasteiger partial charge in [0.1, 0.15) is 11.3 Å². The lowest BCUT2D eigenvalue weighted by atomic mass is 9.96. The van der Waals surface area contributed by atoms with Gasteiger partial charge in [0.25, 0.3) is 0 Å². The number of aryl methyl sites for hydroxylation is 3. The highest BCUT2D eigenvalue weighted by Crippen LogP contribution is 2.40. The molecule has 180 valence electrons. The number of rotatable bonds is 8. The maximum Gasteiger partial charge on any atom is 0.248 e. The number of ether oxygens (including phenoxy) is 1. The number of methoxy groups -OCH3 is 1. The zero-order valence-electron chi connectivity index (χ0n) is 21.2. The highest BCUT2D eigenvalue weighted by molar-refractivity contribution is 6.06. The molecule has 1 heterocycles. The Hall–Kier alpha value is -3.79. The Morgan fingerprint density at radius 3 is 2.43 bits per heavy atom. The van der Waals surface area contributed by atoms with Gasteiger partial charge in [-0.2, -0.15) is 0 Å². The molecule has 0 radical (unpaired) electrons. The van der Waals surface area contributed by atoms with Crippen molar-refractivity contribution in [3.8, 4) is 16.9 Å². The van der Waals surface area contributed by atoms with Crippen LogP contribution in [-0.2, 0) is 11.2 Å². The third kappa shape index (κ3) is 5.32. The van der Waals surface area contributed by atoms with Crippen LogP contribution >= 0.6 is 0 Å². The summed E-state index contributed by atoms with van der Waals surface area (Å²) in [7, 11) is 1.65. The average molecular weight is 468 g/mol. The number of carbonyl (C=O) groups is 1. The molecule has 0 saturated heterocycles. The first kappa shape index (κ1) is 24.3. The predicted molar refractivity (Wildman–Crippen MR) is 145 cm³/mol. The number of hydrogen-bond acceptors (Lipinski definition) is 3. The predicted octanol–water partition coefficient (Wildman–Crippen LogP) is 8.11. The third-order valence-corrected chi connectivity index (χ3v) is 6.42. The lowest BCUT2D eigenvalue weighted by Crippen LogP contribution is -2.08. The molecule has 1 N–H and O–H groups in total. The monoisotopic (exact) mass is 467 g/mol. The fourth-order valence-corrected chi connectivity index (χ4v) is 4.42. The van der Waals surface area contributed by atoms with E-state index in [1.807, 2.05) is 26.0 Å². The van der Waals surface area contributed by atoms with Crippen LogP contribution < -0.4 is 10.1 Å². The van der Waals surface area contributed by atoms with Gasteiger partial charge < -0.3 is 14.5 Å². The molecule has 0 aliphatic carbocycles.